The minimum Gasteiger partial charge on any atom is -0.381 e. The normalized spacial score (nSPS) is 37.4. The van der Waals surface area contributed by atoms with Crippen LogP contribution in [-0.4, -0.2) is 42.8 Å². The second-order valence-electron chi connectivity index (χ2n) is 6.50. The number of nitrogens with two attached hydrogens (primary N) is 1. The molecule has 1 saturated heterocycles. The van der Waals surface area contributed by atoms with Gasteiger partial charge in [0.1, 0.15) is 0 Å². The Morgan fingerprint density at radius 2 is 1.95 bits per heavy atom. The fourth-order valence-electron chi connectivity index (χ4n) is 4.23. The first-order chi connectivity index (χ1) is 9.25. The molecule has 1 heterocycles. The third-order valence-corrected chi connectivity index (χ3v) is 5.43. The van der Waals surface area contributed by atoms with Gasteiger partial charge in [-0.15, -0.1) is 0 Å². The molecule has 2 N–H and O–H groups in total. The zero-order chi connectivity index (χ0) is 13.7. The van der Waals surface area contributed by atoms with E-state index in [1.54, 1.807) is 0 Å². The molecule has 1 aliphatic heterocycles. The molecule has 0 amide bonds. The second-order valence-corrected chi connectivity index (χ2v) is 6.50. The van der Waals surface area contributed by atoms with Crippen molar-refractivity contribution in [3.8, 4) is 0 Å². The van der Waals surface area contributed by atoms with Crippen LogP contribution in [0, 0.1) is 0 Å². The number of nitrogens with zero attached hydrogens (tertiary/aromatic N) is 1. The minimum absolute atomic E-state index is 0.273. The predicted octanol–water partition coefficient (Wildman–Crippen LogP) is 2.93. The predicted molar refractivity (Wildman–Crippen MR) is 80.3 cm³/mol. The van der Waals surface area contributed by atoms with Gasteiger partial charge in [0.15, 0.2) is 0 Å². The second kappa shape index (κ2) is 7.05. The standard InChI is InChI=1S/C16H32N2O/c1-3-6-14-7-4-5-12-18(14)16(13-17)10-8-15(19-2)9-11-16/h14-15H,3-13,17H2,1-2H3. The van der Waals surface area contributed by atoms with Gasteiger partial charge in [0.05, 0.1) is 6.10 Å². The summed E-state index contributed by atoms with van der Waals surface area (Å²) in [7, 11) is 1.85. The van der Waals surface area contributed by atoms with Crippen molar-refractivity contribution < 1.29 is 4.74 Å². The van der Waals surface area contributed by atoms with Gasteiger partial charge in [-0.2, -0.15) is 0 Å². The Morgan fingerprint density at radius 1 is 1.21 bits per heavy atom. The van der Waals surface area contributed by atoms with Crippen LogP contribution in [0.5, 0.6) is 0 Å². The van der Waals surface area contributed by atoms with Gasteiger partial charge in [0.2, 0.25) is 0 Å². The highest BCUT2D eigenvalue weighted by Crippen LogP contribution is 2.38. The quantitative estimate of drug-likeness (QED) is 0.833. The Bertz CT molecular complexity index is 259. The molecule has 1 unspecified atom stereocenters. The molecule has 0 bridgehead atoms. The van der Waals surface area contributed by atoms with E-state index in [1.165, 1.54) is 64.3 Å². The summed E-state index contributed by atoms with van der Waals surface area (Å²) in [5.41, 5.74) is 6.50. The molecule has 0 spiro atoms. The van der Waals surface area contributed by atoms with Crippen molar-refractivity contribution in [1.29, 1.82) is 0 Å². The summed E-state index contributed by atoms with van der Waals surface area (Å²) in [6.07, 6.45) is 12.1. The first kappa shape index (κ1) is 15.3. The number of ether oxygens (including phenoxy) is 1. The van der Waals surface area contributed by atoms with Gasteiger partial charge in [0, 0.05) is 25.2 Å². The topological polar surface area (TPSA) is 38.5 Å². The summed E-state index contributed by atoms with van der Waals surface area (Å²) >= 11 is 0. The molecular formula is C16H32N2O. The Balaban J connectivity index is 2.06. The molecule has 0 aromatic rings. The van der Waals surface area contributed by atoms with Crippen molar-refractivity contribution in [3.63, 3.8) is 0 Å². The molecule has 2 rings (SSSR count). The van der Waals surface area contributed by atoms with Crippen molar-refractivity contribution in [2.45, 2.75) is 82.4 Å². The van der Waals surface area contributed by atoms with Crippen molar-refractivity contribution in [1.82, 2.24) is 4.90 Å². The van der Waals surface area contributed by atoms with Crippen LogP contribution in [0.3, 0.4) is 0 Å². The summed E-state index contributed by atoms with van der Waals surface area (Å²) in [6.45, 7) is 4.40. The summed E-state index contributed by atoms with van der Waals surface area (Å²) in [4.78, 5) is 2.80. The van der Waals surface area contributed by atoms with Gasteiger partial charge < -0.3 is 10.5 Å². The van der Waals surface area contributed by atoms with Gasteiger partial charge in [-0.3, -0.25) is 4.90 Å². The molecule has 2 aliphatic rings. The highest BCUT2D eigenvalue weighted by Gasteiger charge is 2.42. The monoisotopic (exact) mass is 268 g/mol. The third-order valence-electron chi connectivity index (χ3n) is 5.43. The zero-order valence-corrected chi connectivity index (χ0v) is 12.9. The third kappa shape index (κ3) is 3.32. The summed E-state index contributed by atoms with van der Waals surface area (Å²) in [5, 5.41) is 0. The van der Waals surface area contributed by atoms with E-state index in [1.807, 2.05) is 7.11 Å². The number of hydrogen-bond acceptors (Lipinski definition) is 3. The minimum atomic E-state index is 0.273. The van der Waals surface area contributed by atoms with Crippen LogP contribution >= 0.6 is 0 Å². The van der Waals surface area contributed by atoms with Gasteiger partial charge in [-0.1, -0.05) is 19.8 Å². The molecule has 1 atom stereocenters. The number of methoxy groups -OCH3 is 1. The van der Waals surface area contributed by atoms with E-state index in [0.717, 1.165) is 12.6 Å². The van der Waals surface area contributed by atoms with Crippen LogP contribution in [0.25, 0.3) is 0 Å². The van der Waals surface area contributed by atoms with Crippen LogP contribution < -0.4 is 5.73 Å². The lowest BCUT2D eigenvalue weighted by atomic mass is 9.76. The molecule has 3 heteroatoms. The number of hydrogen-bond donors (Lipinski definition) is 1. The average molecular weight is 268 g/mol. The SMILES string of the molecule is CCCC1CCCCN1C1(CN)CCC(OC)CC1. The molecule has 2 fully saturated rings. The summed E-state index contributed by atoms with van der Waals surface area (Å²) < 4.78 is 5.53. The van der Waals surface area contributed by atoms with E-state index >= 15 is 0 Å². The Kier molecular flexibility index (Phi) is 5.67. The van der Waals surface area contributed by atoms with E-state index < -0.39 is 0 Å². The molecular weight excluding hydrogens is 236 g/mol. The van der Waals surface area contributed by atoms with Crippen LogP contribution in [0.2, 0.25) is 0 Å². The maximum absolute atomic E-state index is 6.23. The van der Waals surface area contributed by atoms with Crippen LogP contribution in [0.1, 0.15) is 64.7 Å². The van der Waals surface area contributed by atoms with E-state index in [9.17, 15) is 0 Å². The average Bonchev–Trinajstić information content (AvgIpc) is 2.48. The van der Waals surface area contributed by atoms with Gasteiger partial charge in [-0.05, 0) is 51.5 Å². The summed E-state index contributed by atoms with van der Waals surface area (Å²) in [6, 6.07) is 0.779. The molecule has 19 heavy (non-hydrogen) atoms. The van der Waals surface area contributed by atoms with E-state index in [4.69, 9.17) is 10.5 Å². The first-order valence-electron chi connectivity index (χ1n) is 8.25. The van der Waals surface area contributed by atoms with E-state index in [2.05, 4.69) is 11.8 Å². The Hall–Kier alpha value is -0.120. The number of rotatable bonds is 5. The highest BCUT2D eigenvalue weighted by molar-refractivity contribution is 4.99. The van der Waals surface area contributed by atoms with Crippen LogP contribution in [0.4, 0.5) is 0 Å². The summed E-state index contributed by atoms with van der Waals surface area (Å²) in [5.74, 6) is 0. The molecule has 0 radical (unpaired) electrons. The molecule has 1 aliphatic carbocycles. The maximum atomic E-state index is 6.23. The highest BCUT2D eigenvalue weighted by atomic mass is 16.5. The molecule has 112 valence electrons. The molecule has 1 saturated carbocycles. The smallest absolute Gasteiger partial charge is 0.0572 e. The Labute approximate surface area is 118 Å². The largest absolute Gasteiger partial charge is 0.381 e. The van der Waals surface area contributed by atoms with Gasteiger partial charge in [-0.25, -0.2) is 0 Å². The van der Waals surface area contributed by atoms with Crippen LogP contribution in [0.15, 0.2) is 0 Å². The van der Waals surface area contributed by atoms with Crippen molar-refractivity contribution >= 4 is 0 Å². The lowest BCUT2D eigenvalue weighted by Gasteiger charge is -2.52. The molecule has 0 aromatic heterocycles. The van der Waals surface area contributed by atoms with Crippen molar-refractivity contribution in [3.05, 3.63) is 0 Å². The lowest BCUT2D eigenvalue weighted by molar-refractivity contribution is -0.0402. The Morgan fingerprint density at radius 3 is 2.53 bits per heavy atom. The lowest BCUT2D eigenvalue weighted by Crippen LogP contribution is -2.61. The van der Waals surface area contributed by atoms with E-state index in [-0.39, 0.29) is 5.54 Å². The first-order valence-corrected chi connectivity index (χ1v) is 8.25. The van der Waals surface area contributed by atoms with Gasteiger partial charge >= 0.3 is 0 Å². The number of piperidine rings is 1. The molecule has 3 nitrogen and oxygen atoms in total. The van der Waals surface area contributed by atoms with Crippen molar-refractivity contribution in [2.24, 2.45) is 5.73 Å². The zero-order valence-electron chi connectivity index (χ0n) is 12.9. The molecule has 0 aromatic carbocycles. The van der Waals surface area contributed by atoms with E-state index in [0.29, 0.717) is 6.10 Å². The number of likely N-dealkylation sites (tertiary alicyclic amines) is 1. The fourth-order valence-corrected chi connectivity index (χ4v) is 4.23. The van der Waals surface area contributed by atoms with Crippen molar-refractivity contribution in [2.75, 3.05) is 20.2 Å². The maximum Gasteiger partial charge on any atom is 0.0572 e. The van der Waals surface area contributed by atoms with Gasteiger partial charge in [0.25, 0.3) is 0 Å². The van der Waals surface area contributed by atoms with Crippen LogP contribution in [-0.2, 0) is 4.74 Å². The fraction of sp³-hybridized carbons (Fsp3) is 1.00.